The third kappa shape index (κ3) is 3.42. The number of benzene rings is 1. The second-order valence-electron chi connectivity index (χ2n) is 4.55. The van der Waals surface area contributed by atoms with Gasteiger partial charge < -0.3 is 11.1 Å². The molecule has 112 valence electrons. The van der Waals surface area contributed by atoms with Gasteiger partial charge in [-0.3, -0.25) is 4.79 Å². The molecule has 4 nitrogen and oxygen atoms in total. The van der Waals surface area contributed by atoms with Crippen molar-refractivity contribution in [1.29, 1.82) is 0 Å². The number of alkyl halides is 3. The Labute approximate surface area is 119 Å². The van der Waals surface area contributed by atoms with Crippen molar-refractivity contribution in [2.24, 2.45) is 5.73 Å². The number of para-hydroxylation sites is 1. The number of nitrogens with zero attached hydrogens (tertiary/aromatic N) is 1. The molecule has 1 aromatic heterocycles. The standard InChI is InChI=1S/C14H14F3N3O/c1-2-8-4-3-5-9-10(13(18)21)6-11(20-12(8)9)19-7-14(15,16)17/h3-6H,2,7H2,1H3,(H2,18,21)(H,19,20). The molecule has 0 radical (unpaired) electrons. The third-order valence-electron chi connectivity index (χ3n) is 3.04. The molecule has 21 heavy (non-hydrogen) atoms. The Morgan fingerprint density at radius 2 is 2.10 bits per heavy atom. The molecule has 2 aromatic rings. The van der Waals surface area contributed by atoms with E-state index in [1.54, 1.807) is 12.1 Å². The molecule has 0 aliphatic rings. The average Bonchev–Trinajstić information content (AvgIpc) is 2.42. The van der Waals surface area contributed by atoms with Gasteiger partial charge >= 0.3 is 6.18 Å². The Morgan fingerprint density at radius 3 is 2.67 bits per heavy atom. The molecule has 0 fully saturated rings. The van der Waals surface area contributed by atoms with Gasteiger partial charge in [0, 0.05) is 5.39 Å². The lowest BCUT2D eigenvalue weighted by Gasteiger charge is -2.13. The summed E-state index contributed by atoms with van der Waals surface area (Å²) in [6.07, 6.45) is -3.72. The Hall–Kier alpha value is -2.31. The predicted octanol–water partition coefficient (Wildman–Crippen LogP) is 2.87. The molecule has 0 unspecified atom stereocenters. The van der Waals surface area contributed by atoms with Crippen LogP contribution in [-0.4, -0.2) is 23.6 Å². The molecule has 0 atom stereocenters. The number of fused-ring (bicyclic) bond motifs is 1. The second kappa shape index (κ2) is 5.59. The topological polar surface area (TPSA) is 68.0 Å². The molecular formula is C14H14F3N3O. The van der Waals surface area contributed by atoms with E-state index in [9.17, 15) is 18.0 Å². The van der Waals surface area contributed by atoms with Crippen LogP contribution in [0.25, 0.3) is 10.9 Å². The Bertz CT molecular complexity index is 683. The molecule has 3 N–H and O–H groups in total. The van der Waals surface area contributed by atoms with Gasteiger partial charge in [0.05, 0.1) is 11.1 Å². The number of aromatic nitrogens is 1. The van der Waals surface area contributed by atoms with Crippen LogP contribution >= 0.6 is 0 Å². The summed E-state index contributed by atoms with van der Waals surface area (Å²) in [7, 11) is 0. The number of carbonyl (C=O) groups excluding carboxylic acids is 1. The molecule has 1 aromatic carbocycles. The van der Waals surface area contributed by atoms with Crippen LogP contribution in [0.2, 0.25) is 0 Å². The molecule has 0 bridgehead atoms. The maximum atomic E-state index is 12.3. The largest absolute Gasteiger partial charge is 0.405 e. The van der Waals surface area contributed by atoms with Gasteiger partial charge in [-0.1, -0.05) is 25.1 Å². The molecule has 0 aliphatic heterocycles. The van der Waals surface area contributed by atoms with E-state index in [1.807, 2.05) is 13.0 Å². The number of anilines is 1. The SMILES string of the molecule is CCc1cccc2c(C(N)=O)cc(NCC(F)(F)F)nc12. The van der Waals surface area contributed by atoms with Gasteiger partial charge in [-0.25, -0.2) is 4.98 Å². The number of rotatable bonds is 4. The van der Waals surface area contributed by atoms with Crippen molar-refractivity contribution >= 4 is 22.6 Å². The maximum absolute atomic E-state index is 12.3. The number of hydrogen-bond donors (Lipinski definition) is 2. The number of nitrogens with one attached hydrogen (secondary N) is 1. The van der Waals surface area contributed by atoms with E-state index in [0.29, 0.717) is 17.3 Å². The summed E-state index contributed by atoms with van der Waals surface area (Å²) >= 11 is 0. The minimum absolute atomic E-state index is 0.0190. The van der Waals surface area contributed by atoms with Crippen LogP contribution in [0.1, 0.15) is 22.8 Å². The third-order valence-corrected chi connectivity index (χ3v) is 3.04. The van der Waals surface area contributed by atoms with Crippen LogP contribution in [0, 0.1) is 0 Å². The van der Waals surface area contributed by atoms with E-state index in [0.717, 1.165) is 5.56 Å². The zero-order valence-electron chi connectivity index (χ0n) is 11.3. The van der Waals surface area contributed by atoms with E-state index < -0.39 is 18.6 Å². The number of nitrogens with two attached hydrogens (primary N) is 1. The smallest absolute Gasteiger partial charge is 0.366 e. The Morgan fingerprint density at radius 1 is 1.38 bits per heavy atom. The first-order chi connectivity index (χ1) is 9.81. The van der Waals surface area contributed by atoms with Crippen molar-refractivity contribution in [2.45, 2.75) is 19.5 Å². The number of pyridine rings is 1. The summed E-state index contributed by atoms with van der Waals surface area (Å²) in [4.78, 5) is 15.7. The lowest BCUT2D eigenvalue weighted by Crippen LogP contribution is -2.22. The number of primary amides is 1. The number of carbonyl (C=O) groups is 1. The fourth-order valence-electron chi connectivity index (χ4n) is 2.08. The number of amides is 1. The number of halogens is 3. The highest BCUT2D eigenvalue weighted by Gasteiger charge is 2.27. The predicted molar refractivity (Wildman–Crippen MR) is 74.2 cm³/mol. The van der Waals surface area contributed by atoms with Crippen molar-refractivity contribution in [1.82, 2.24) is 4.98 Å². The normalized spacial score (nSPS) is 11.6. The molecule has 1 heterocycles. The fourth-order valence-corrected chi connectivity index (χ4v) is 2.08. The van der Waals surface area contributed by atoms with Crippen LogP contribution in [0.4, 0.5) is 19.0 Å². The van der Waals surface area contributed by atoms with Crippen molar-refractivity contribution in [2.75, 3.05) is 11.9 Å². The minimum atomic E-state index is -4.37. The Kier molecular flexibility index (Phi) is 4.02. The van der Waals surface area contributed by atoms with Crippen molar-refractivity contribution < 1.29 is 18.0 Å². The zero-order chi connectivity index (χ0) is 15.6. The maximum Gasteiger partial charge on any atom is 0.405 e. The van der Waals surface area contributed by atoms with E-state index in [-0.39, 0.29) is 11.4 Å². The van der Waals surface area contributed by atoms with E-state index in [4.69, 9.17) is 5.73 Å². The van der Waals surface area contributed by atoms with E-state index >= 15 is 0 Å². The van der Waals surface area contributed by atoms with Crippen LogP contribution in [0.15, 0.2) is 24.3 Å². The summed E-state index contributed by atoms with van der Waals surface area (Å²) in [5, 5.41) is 2.72. The highest BCUT2D eigenvalue weighted by atomic mass is 19.4. The first kappa shape index (κ1) is 15.1. The lowest BCUT2D eigenvalue weighted by molar-refractivity contribution is -0.115. The zero-order valence-corrected chi connectivity index (χ0v) is 11.3. The fraction of sp³-hybridized carbons (Fsp3) is 0.286. The first-order valence-electron chi connectivity index (χ1n) is 6.35. The monoisotopic (exact) mass is 297 g/mol. The van der Waals surface area contributed by atoms with E-state index in [2.05, 4.69) is 10.3 Å². The summed E-state index contributed by atoms with van der Waals surface area (Å²) < 4.78 is 36.8. The van der Waals surface area contributed by atoms with Gasteiger partial charge in [0.25, 0.3) is 0 Å². The minimum Gasteiger partial charge on any atom is -0.366 e. The van der Waals surface area contributed by atoms with Gasteiger partial charge in [0.15, 0.2) is 0 Å². The van der Waals surface area contributed by atoms with Crippen LogP contribution < -0.4 is 11.1 Å². The van der Waals surface area contributed by atoms with Crippen molar-refractivity contribution in [3.05, 3.63) is 35.4 Å². The molecule has 0 spiro atoms. The van der Waals surface area contributed by atoms with Gasteiger partial charge in [0.1, 0.15) is 12.4 Å². The van der Waals surface area contributed by atoms with Gasteiger partial charge in [-0.05, 0) is 18.1 Å². The summed E-state index contributed by atoms with van der Waals surface area (Å²) in [5.74, 6) is -0.722. The average molecular weight is 297 g/mol. The van der Waals surface area contributed by atoms with Gasteiger partial charge in [0.2, 0.25) is 5.91 Å². The lowest BCUT2D eigenvalue weighted by atomic mass is 10.0. The molecule has 0 aliphatic carbocycles. The van der Waals surface area contributed by atoms with Crippen LogP contribution in [-0.2, 0) is 6.42 Å². The van der Waals surface area contributed by atoms with Crippen molar-refractivity contribution in [3.8, 4) is 0 Å². The van der Waals surface area contributed by atoms with Crippen molar-refractivity contribution in [3.63, 3.8) is 0 Å². The molecule has 0 saturated heterocycles. The number of aryl methyl sites for hydroxylation is 1. The molecule has 0 saturated carbocycles. The highest BCUT2D eigenvalue weighted by Crippen LogP contribution is 2.25. The molecule has 7 heteroatoms. The molecule has 1 amide bonds. The highest BCUT2D eigenvalue weighted by molar-refractivity contribution is 6.06. The van der Waals surface area contributed by atoms with Crippen LogP contribution in [0.3, 0.4) is 0 Å². The van der Waals surface area contributed by atoms with Crippen LogP contribution in [0.5, 0.6) is 0 Å². The summed E-state index contributed by atoms with van der Waals surface area (Å²) in [6.45, 7) is 0.675. The summed E-state index contributed by atoms with van der Waals surface area (Å²) in [6, 6.07) is 6.50. The second-order valence-corrected chi connectivity index (χ2v) is 4.55. The molecule has 2 rings (SSSR count). The number of hydrogen-bond acceptors (Lipinski definition) is 3. The molecular weight excluding hydrogens is 283 g/mol. The summed E-state index contributed by atoms with van der Waals surface area (Å²) in [5.41, 5.74) is 6.78. The van der Waals surface area contributed by atoms with E-state index in [1.165, 1.54) is 6.07 Å². The Balaban J connectivity index is 2.55. The van der Waals surface area contributed by atoms with Gasteiger partial charge in [-0.2, -0.15) is 13.2 Å². The van der Waals surface area contributed by atoms with Gasteiger partial charge in [-0.15, -0.1) is 0 Å². The first-order valence-corrected chi connectivity index (χ1v) is 6.35. The quantitative estimate of drug-likeness (QED) is 0.911.